The number of nitrogens with two attached hydrogens (primary N) is 1. The molecule has 0 bridgehead atoms. The highest BCUT2D eigenvalue weighted by atomic mass is 32.1. The van der Waals surface area contributed by atoms with Gasteiger partial charge in [-0.25, -0.2) is 0 Å². The Morgan fingerprint density at radius 1 is 1.25 bits per heavy atom. The van der Waals surface area contributed by atoms with E-state index in [4.69, 9.17) is 5.73 Å². The van der Waals surface area contributed by atoms with Crippen molar-refractivity contribution < 1.29 is 4.79 Å². The number of carbonyl (C=O) groups is 1. The summed E-state index contributed by atoms with van der Waals surface area (Å²) in [5.41, 5.74) is 6.15. The summed E-state index contributed by atoms with van der Waals surface area (Å²) in [7, 11) is 0. The number of amides is 1. The van der Waals surface area contributed by atoms with Crippen molar-refractivity contribution in [2.45, 2.75) is 37.6 Å². The molecule has 0 saturated heterocycles. The SMILES string of the molecule is NC1(CNC(=O)c2cc3ccccc3s2)CCCCC1. The molecule has 3 N–H and O–H groups in total. The monoisotopic (exact) mass is 288 g/mol. The van der Waals surface area contributed by atoms with E-state index < -0.39 is 0 Å². The molecule has 3 rings (SSSR count). The maximum absolute atomic E-state index is 12.2. The van der Waals surface area contributed by atoms with Crippen molar-refractivity contribution in [1.82, 2.24) is 5.32 Å². The van der Waals surface area contributed by atoms with Gasteiger partial charge in [0.1, 0.15) is 0 Å². The molecule has 1 aromatic heterocycles. The molecule has 0 aliphatic heterocycles. The van der Waals surface area contributed by atoms with Crippen molar-refractivity contribution in [2.24, 2.45) is 5.73 Å². The van der Waals surface area contributed by atoms with Gasteiger partial charge in [-0.1, -0.05) is 37.5 Å². The Balaban J connectivity index is 1.66. The van der Waals surface area contributed by atoms with E-state index in [1.165, 1.54) is 30.6 Å². The Hall–Kier alpha value is -1.39. The number of benzene rings is 1. The minimum Gasteiger partial charge on any atom is -0.349 e. The molecule has 1 aromatic carbocycles. The van der Waals surface area contributed by atoms with Crippen LogP contribution < -0.4 is 11.1 Å². The Bertz CT molecular complexity index is 581. The van der Waals surface area contributed by atoms with Gasteiger partial charge >= 0.3 is 0 Å². The molecule has 1 heterocycles. The number of rotatable bonds is 3. The Labute approximate surface area is 123 Å². The van der Waals surface area contributed by atoms with Crippen LogP contribution >= 0.6 is 11.3 Å². The molecule has 0 spiro atoms. The van der Waals surface area contributed by atoms with Gasteiger partial charge in [0.15, 0.2) is 0 Å². The van der Waals surface area contributed by atoms with Crippen LogP contribution in [-0.4, -0.2) is 18.0 Å². The van der Waals surface area contributed by atoms with Crippen LogP contribution in [0.3, 0.4) is 0 Å². The number of carbonyl (C=O) groups excluding carboxylic acids is 1. The van der Waals surface area contributed by atoms with Gasteiger partial charge in [0, 0.05) is 16.8 Å². The minimum absolute atomic E-state index is 0.00148. The van der Waals surface area contributed by atoms with Gasteiger partial charge in [-0.05, 0) is 30.4 Å². The van der Waals surface area contributed by atoms with Crippen LogP contribution in [0, 0.1) is 0 Å². The summed E-state index contributed by atoms with van der Waals surface area (Å²) in [4.78, 5) is 13.0. The normalized spacial score (nSPS) is 18.1. The van der Waals surface area contributed by atoms with Gasteiger partial charge in [0.2, 0.25) is 0 Å². The minimum atomic E-state index is -0.204. The van der Waals surface area contributed by atoms with Crippen LogP contribution in [0.2, 0.25) is 0 Å². The lowest BCUT2D eigenvalue weighted by Gasteiger charge is -2.33. The number of fused-ring (bicyclic) bond motifs is 1. The van der Waals surface area contributed by atoms with Crippen molar-refractivity contribution in [2.75, 3.05) is 6.54 Å². The molecule has 0 atom stereocenters. The molecular formula is C16H20N2OS. The van der Waals surface area contributed by atoms with Gasteiger partial charge in [-0.2, -0.15) is 0 Å². The number of hydrogen-bond donors (Lipinski definition) is 2. The Morgan fingerprint density at radius 2 is 2.00 bits per heavy atom. The fourth-order valence-corrected chi connectivity index (χ4v) is 3.85. The molecule has 1 saturated carbocycles. The van der Waals surface area contributed by atoms with Crippen LogP contribution in [0.1, 0.15) is 41.8 Å². The summed E-state index contributed by atoms with van der Waals surface area (Å²) in [5.74, 6) is 0.00148. The van der Waals surface area contributed by atoms with E-state index in [-0.39, 0.29) is 11.4 Å². The molecular weight excluding hydrogens is 268 g/mol. The largest absolute Gasteiger partial charge is 0.349 e. The van der Waals surface area contributed by atoms with Crippen molar-refractivity contribution in [3.63, 3.8) is 0 Å². The molecule has 0 radical (unpaired) electrons. The van der Waals surface area contributed by atoms with Crippen LogP contribution in [0.25, 0.3) is 10.1 Å². The summed E-state index contributed by atoms with van der Waals surface area (Å²) in [6.07, 6.45) is 5.65. The number of hydrogen-bond acceptors (Lipinski definition) is 3. The first-order chi connectivity index (χ1) is 9.66. The second-order valence-corrected chi connectivity index (χ2v) is 6.84. The summed E-state index contributed by atoms with van der Waals surface area (Å²) in [5, 5.41) is 4.14. The molecule has 20 heavy (non-hydrogen) atoms. The maximum atomic E-state index is 12.2. The van der Waals surface area contributed by atoms with E-state index in [1.54, 1.807) is 0 Å². The topological polar surface area (TPSA) is 55.1 Å². The van der Waals surface area contributed by atoms with Crippen LogP contribution in [-0.2, 0) is 0 Å². The quantitative estimate of drug-likeness (QED) is 0.910. The molecule has 3 nitrogen and oxygen atoms in total. The van der Waals surface area contributed by atoms with Gasteiger partial charge in [-0.15, -0.1) is 11.3 Å². The van der Waals surface area contributed by atoms with E-state index in [2.05, 4.69) is 5.32 Å². The summed E-state index contributed by atoms with van der Waals surface area (Å²) < 4.78 is 1.15. The molecule has 1 aliphatic rings. The lowest BCUT2D eigenvalue weighted by Crippen LogP contribution is -2.51. The van der Waals surface area contributed by atoms with E-state index in [9.17, 15) is 4.79 Å². The van der Waals surface area contributed by atoms with Crippen LogP contribution in [0.15, 0.2) is 30.3 Å². The van der Waals surface area contributed by atoms with Crippen molar-refractivity contribution in [3.8, 4) is 0 Å². The fourth-order valence-electron chi connectivity index (χ4n) is 2.87. The van der Waals surface area contributed by atoms with Crippen LogP contribution in [0.4, 0.5) is 0 Å². The van der Waals surface area contributed by atoms with E-state index in [0.29, 0.717) is 6.54 Å². The standard InChI is InChI=1S/C16H20N2OS/c17-16(8-4-1-5-9-16)11-18-15(19)14-10-12-6-2-3-7-13(12)20-14/h2-3,6-7,10H,1,4-5,8-9,11,17H2,(H,18,19). The van der Waals surface area contributed by atoms with E-state index in [0.717, 1.165) is 27.8 Å². The fraction of sp³-hybridized carbons (Fsp3) is 0.438. The van der Waals surface area contributed by atoms with E-state index >= 15 is 0 Å². The summed E-state index contributed by atoms with van der Waals surface area (Å²) in [6, 6.07) is 10.0. The summed E-state index contributed by atoms with van der Waals surface area (Å²) >= 11 is 1.54. The predicted molar refractivity (Wildman–Crippen MR) is 84.2 cm³/mol. The third-order valence-corrected chi connectivity index (χ3v) is 5.21. The first kappa shape index (κ1) is 13.6. The predicted octanol–water partition coefficient (Wildman–Crippen LogP) is 3.29. The van der Waals surface area contributed by atoms with Gasteiger partial charge in [-0.3, -0.25) is 4.79 Å². The first-order valence-electron chi connectivity index (χ1n) is 7.22. The number of nitrogens with one attached hydrogen (secondary N) is 1. The second kappa shape index (κ2) is 5.54. The number of thiophene rings is 1. The first-order valence-corrected chi connectivity index (χ1v) is 8.04. The maximum Gasteiger partial charge on any atom is 0.261 e. The average molecular weight is 288 g/mol. The van der Waals surface area contributed by atoms with E-state index in [1.807, 2.05) is 30.3 Å². The van der Waals surface area contributed by atoms with Crippen LogP contribution in [0.5, 0.6) is 0 Å². The lowest BCUT2D eigenvalue weighted by molar-refractivity contribution is 0.0942. The van der Waals surface area contributed by atoms with Crippen molar-refractivity contribution >= 4 is 27.3 Å². The van der Waals surface area contributed by atoms with Gasteiger partial charge in [0.25, 0.3) is 5.91 Å². The highest BCUT2D eigenvalue weighted by Gasteiger charge is 2.28. The van der Waals surface area contributed by atoms with Gasteiger partial charge < -0.3 is 11.1 Å². The van der Waals surface area contributed by atoms with Crippen molar-refractivity contribution in [1.29, 1.82) is 0 Å². The molecule has 0 unspecified atom stereocenters. The highest BCUT2D eigenvalue weighted by molar-refractivity contribution is 7.20. The van der Waals surface area contributed by atoms with Gasteiger partial charge in [0.05, 0.1) is 4.88 Å². The molecule has 1 amide bonds. The molecule has 2 aromatic rings. The Morgan fingerprint density at radius 3 is 2.75 bits per heavy atom. The Kier molecular flexibility index (Phi) is 3.76. The zero-order valence-corrected chi connectivity index (χ0v) is 12.3. The highest BCUT2D eigenvalue weighted by Crippen LogP contribution is 2.27. The molecule has 1 fully saturated rings. The third kappa shape index (κ3) is 2.86. The van der Waals surface area contributed by atoms with Crippen molar-refractivity contribution in [3.05, 3.63) is 35.2 Å². The lowest BCUT2D eigenvalue weighted by atomic mass is 9.82. The zero-order valence-electron chi connectivity index (χ0n) is 11.5. The molecule has 106 valence electrons. The third-order valence-electron chi connectivity index (χ3n) is 4.10. The average Bonchev–Trinajstić information content (AvgIpc) is 2.89. The zero-order chi connectivity index (χ0) is 14.0. The molecule has 4 heteroatoms. The molecule has 1 aliphatic carbocycles. The smallest absolute Gasteiger partial charge is 0.261 e. The second-order valence-electron chi connectivity index (χ2n) is 5.75. The summed E-state index contributed by atoms with van der Waals surface area (Å²) in [6.45, 7) is 0.583.